The summed E-state index contributed by atoms with van der Waals surface area (Å²) in [6.45, 7) is 1.95. The molecule has 0 radical (unpaired) electrons. The van der Waals surface area contributed by atoms with E-state index >= 15 is 0 Å². The SMILES string of the molecule is CCCC(N)C(=O)Nc1ccccc1CS(=O)(=O)c1ccccc1.Cl. The van der Waals surface area contributed by atoms with E-state index in [1.54, 1.807) is 54.6 Å². The summed E-state index contributed by atoms with van der Waals surface area (Å²) >= 11 is 0. The van der Waals surface area contributed by atoms with Crippen LogP contribution >= 0.6 is 12.4 Å². The Balaban J connectivity index is 0.00000312. The van der Waals surface area contributed by atoms with Crippen LogP contribution in [-0.4, -0.2) is 20.4 Å². The van der Waals surface area contributed by atoms with Crippen LogP contribution in [0.3, 0.4) is 0 Å². The minimum atomic E-state index is -3.48. The smallest absolute Gasteiger partial charge is 0.241 e. The summed E-state index contributed by atoms with van der Waals surface area (Å²) in [4.78, 5) is 12.4. The van der Waals surface area contributed by atoms with Gasteiger partial charge in [-0.25, -0.2) is 8.42 Å². The molecule has 0 aliphatic heterocycles. The molecule has 0 spiro atoms. The van der Waals surface area contributed by atoms with Gasteiger partial charge in [0.15, 0.2) is 9.84 Å². The lowest BCUT2D eigenvalue weighted by Crippen LogP contribution is -2.35. The molecule has 0 saturated heterocycles. The number of rotatable bonds is 7. The van der Waals surface area contributed by atoms with Crippen LogP contribution in [0, 0.1) is 0 Å². The van der Waals surface area contributed by atoms with Crippen molar-refractivity contribution < 1.29 is 13.2 Å². The Morgan fingerprint density at radius 3 is 2.32 bits per heavy atom. The van der Waals surface area contributed by atoms with Gasteiger partial charge in [-0.15, -0.1) is 12.4 Å². The van der Waals surface area contributed by atoms with Crippen molar-refractivity contribution in [3.05, 3.63) is 60.2 Å². The highest BCUT2D eigenvalue weighted by Gasteiger charge is 2.19. The molecule has 1 unspecified atom stereocenters. The molecular formula is C18H23ClN2O3S. The fraction of sp³-hybridized carbons (Fsp3) is 0.278. The molecule has 5 nitrogen and oxygen atoms in total. The summed E-state index contributed by atoms with van der Waals surface area (Å²) < 4.78 is 25.1. The number of hydrogen-bond acceptors (Lipinski definition) is 4. The van der Waals surface area contributed by atoms with E-state index in [1.165, 1.54) is 0 Å². The van der Waals surface area contributed by atoms with Crippen molar-refractivity contribution in [1.29, 1.82) is 0 Å². The van der Waals surface area contributed by atoms with E-state index in [9.17, 15) is 13.2 Å². The number of anilines is 1. The van der Waals surface area contributed by atoms with E-state index in [0.29, 0.717) is 17.7 Å². The summed E-state index contributed by atoms with van der Waals surface area (Å²) in [6, 6.07) is 14.5. The zero-order valence-corrected chi connectivity index (χ0v) is 15.6. The lowest BCUT2D eigenvalue weighted by Gasteiger charge is -2.14. The minimum absolute atomic E-state index is 0. The molecule has 0 aliphatic rings. The summed E-state index contributed by atoms with van der Waals surface area (Å²) in [6.07, 6.45) is 1.38. The van der Waals surface area contributed by atoms with Gasteiger partial charge in [-0.1, -0.05) is 49.7 Å². The first kappa shape index (κ1) is 21.2. The van der Waals surface area contributed by atoms with E-state index in [2.05, 4.69) is 5.32 Å². The molecule has 0 saturated carbocycles. The maximum atomic E-state index is 12.5. The summed E-state index contributed by atoms with van der Waals surface area (Å²) in [5.41, 5.74) is 6.83. The van der Waals surface area contributed by atoms with Crippen LogP contribution in [0.4, 0.5) is 5.69 Å². The van der Waals surface area contributed by atoms with E-state index in [-0.39, 0.29) is 29.0 Å². The topological polar surface area (TPSA) is 89.3 Å². The molecule has 0 aromatic heterocycles. The van der Waals surface area contributed by atoms with Crippen LogP contribution in [0.25, 0.3) is 0 Å². The number of nitrogens with one attached hydrogen (secondary N) is 1. The molecule has 7 heteroatoms. The number of benzene rings is 2. The van der Waals surface area contributed by atoms with Crippen LogP contribution < -0.4 is 11.1 Å². The molecule has 0 aliphatic carbocycles. The molecule has 2 aromatic rings. The molecule has 0 fully saturated rings. The Morgan fingerprint density at radius 1 is 1.08 bits per heavy atom. The predicted octanol–water partition coefficient (Wildman–Crippen LogP) is 3.15. The van der Waals surface area contributed by atoms with E-state index in [0.717, 1.165) is 6.42 Å². The van der Waals surface area contributed by atoms with Gasteiger partial charge >= 0.3 is 0 Å². The van der Waals surface area contributed by atoms with Gasteiger partial charge in [-0.2, -0.15) is 0 Å². The Labute approximate surface area is 155 Å². The number of amides is 1. The first-order valence-electron chi connectivity index (χ1n) is 7.86. The molecule has 0 heterocycles. The minimum Gasteiger partial charge on any atom is -0.324 e. The maximum absolute atomic E-state index is 12.5. The van der Waals surface area contributed by atoms with Crippen LogP contribution in [0.5, 0.6) is 0 Å². The van der Waals surface area contributed by atoms with Crippen molar-refractivity contribution in [1.82, 2.24) is 0 Å². The van der Waals surface area contributed by atoms with Gasteiger partial charge in [0, 0.05) is 5.69 Å². The lowest BCUT2D eigenvalue weighted by molar-refractivity contribution is -0.117. The van der Waals surface area contributed by atoms with Gasteiger partial charge in [0.1, 0.15) is 0 Å². The van der Waals surface area contributed by atoms with Gasteiger partial charge < -0.3 is 11.1 Å². The van der Waals surface area contributed by atoms with Crippen molar-refractivity contribution in [2.75, 3.05) is 5.32 Å². The summed E-state index contributed by atoms with van der Waals surface area (Å²) in [5.74, 6) is -0.488. The maximum Gasteiger partial charge on any atom is 0.241 e. The van der Waals surface area contributed by atoms with Crippen LogP contribution in [0.15, 0.2) is 59.5 Å². The molecule has 1 atom stereocenters. The highest BCUT2D eigenvalue weighted by atomic mass is 35.5. The number of nitrogens with two attached hydrogens (primary N) is 1. The Morgan fingerprint density at radius 2 is 1.68 bits per heavy atom. The highest BCUT2D eigenvalue weighted by Crippen LogP contribution is 2.22. The largest absolute Gasteiger partial charge is 0.324 e. The van der Waals surface area contributed by atoms with Crippen molar-refractivity contribution in [2.24, 2.45) is 5.73 Å². The zero-order chi connectivity index (χ0) is 17.6. The lowest BCUT2D eigenvalue weighted by atomic mass is 10.1. The van der Waals surface area contributed by atoms with Crippen molar-refractivity contribution in [2.45, 2.75) is 36.5 Å². The zero-order valence-electron chi connectivity index (χ0n) is 14.0. The summed E-state index contributed by atoms with van der Waals surface area (Å²) in [7, 11) is -3.48. The molecule has 2 rings (SSSR count). The Kier molecular flexibility index (Phi) is 8.09. The van der Waals surface area contributed by atoms with Gasteiger partial charge in [0.25, 0.3) is 0 Å². The fourth-order valence-corrected chi connectivity index (χ4v) is 3.75. The van der Waals surface area contributed by atoms with E-state index in [1.807, 2.05) is 6.92 Å². The van der Waals surface area contributed by atoms with Crippen LogP contribution in [-0.2, 0) is 20.4 Å². The molecular weight excluding hydrogens is 360 g/mol. The number of halogens is 1. The normalized spacial score (nSPS) is 12.1. The second-order valence-electron chi connectivity index (χ2n) is 5.61. The number of hydrogen-bond donors (Lipinski definition) is 2. The monoisotopic (exact) mass is 382 g/mol. The molecule has 3 N–H and O–H groups in total. The average Bonchev–Trinajstić information content (AvgIpc) is 2.57. The standard InChI is InChI=1S/C18H22N2O3S.ClH/c1-2-8-16(19)18(21)20-17-12-7-6-9-14(17)13-24(22,23)15-10-4-3-5-11-15;/h3-7,9-12,16H,2,8,13,19H2,1H3,(H,20,21);1H. The van der Waals surface area contributed by atoms with Crippen molar-refractivity contribution in [3.63, 3.8) is 0 Å². The third kappa shape index (κ3) is 5.85. The van der Waals surface area contributed by atoms with Crippen molar-refractivity contribution in [3.8, 4) is 0 Å². The molecule has 1 amide bonds. The number of sulfone groups is 1. The first-order chi connectivity index (χ1) is 11.4. The van der Waals surface area contributed by atoms with E-state index in [4.69, 9.17) is 5.73 Å². The third-order valence-electron chi connectivity index (χ3n) is 3.66. The van der Waals surface area contributed by atoms with Gasteiger partial charge in [-0.05, 0) is 30.2 Å². The first-order valence-corrected chi connectivity index (χ1v) is 9.51. The Hall–Kier alpha value is -1.89. The second kappa shape index (κ2) is 9.56. The fourth-order valence-electron chi connectivity index (χ4n) is 2.35. The summed E-state index contributed by atoms with van der Waals surface area (Å²) in [5, 5.41) is 2.74. The van der Waals surface area contributed by atoms with Gasteiger partial charge in [-0.3, -0.25) is 4.79 Å². The second-order valence-corrected chi connectivity index (χ2v) is 7.60. The highest BCUT2D eigenvalue weighted by molar-refractivity contribution is 7.90. The quantitative estimate of drug-likeness (QED) is 0.769. The number of carbonyl (C=O) groups excluding carboxylic acids is 1. The van der Waals surface area contributed by atoms with Gasteiger partial charge in [0.05, 0.1) is 16.7 Å². The third-order valence-corrected chi connectivity index (χ3v) is 5.34. The predicted molar refractivity (Wildman–Crippen MR) is 103 cm³/mol. The molecule has 136 valence electrons. The average molecular weight is 383 g/mol. The van der Waals surface area contributed by atoms with E-state index < -0.39 is 15.9 Å². The Bertz CT molecular complexity index is 795. The van der Waals surface area contributed by atoms with Crippen molar-refractivity contribution >= 4 is 33.8 Å². The molecule has 2 aromatic carbocycles. The van der Waals surface area contributed by atoms with Crippen LogP contribution in [0.1, 0.15) is 25.3 Å². The number of carbonyl (C=O) groups is 1. The van der Waals surface area contributed by atoms with Crippen LogP contribution in [0.2, 0.25) is 0 Å². The van der Waals surface area contributed by atoms with Gasteiger partial charge in [0.2, 0.25) is 5.91 Å². The number of para-hydroxylation sites is 1. The molecule has 0 bridgehead atoms. The molecule has 25 heavy (non-hydrogen) atoms.